The minimum atomic E-state index is -0.413. The molecule has 0 spiro atoms. The lowest BCUT2D eigenvalue weighted by Crippen LogP contribution is -2.26. The summed E-state index contributed by atoms with van der Waals surface area (Å²) >= 11 is 0. The van der Waals surface area contributed by atoms with Crippen LogP contribution in [-0.2, 0) is 4.79 Å². The van der Waals surface area contributed by atoms with Crippen LogP contribution in [-0.4, -0.2) is 17.4 Å². The number of amides is 1. The maximum Gasteiger partial charge on any atom is 0.269 e. The molecule has 1 aromatic carbocycles. The largest absolute Gasteiger partial charge is 0.312 e. The number of fused-ring (bicyclic) bond motifs is 1. The summed E-state index contributed by atoms with van der Waals surface area (Å²) in [5.74, 6) is 0.123. The van der Waals surface area contributed by atoms with Gasteiger partial charge in [-0.15, -0.1) is 0 Å². The first-order chi connectivity index (χ1) is 7.50. The van der Waals surface area contributed by atoms with Crippen molar-refractivity contribution in [2.24, 2.45) is 0 Å². The van der Waals surface area contributed by atoms with Gasteiger partial charge in [0, 0.05) is 37.2 Å². The first-order valence-electron chi connectivity index (χ1n) is 5.07. The van der Waals surface area contributed by atoms with E-state index in [-0.39, 0.29) is 17.5 Å². The van der Waals surface area contributed by atoms with Gasteiger partial charge in [-0.2, -0.15) is 0 Å². The summed E-state index contributed by atoms with van der Waals surface area (Å²) in [5, 5.41) is 10.6. The maximum atomic E-state index is 11.4. The number of hydrogen-bond acceptors (Lipinski definition) is 3. The average Bonchev–Trinajstić information content (AvgIpc) is 2.56. The molecular weight excluding hydrogens is 208 g/mol. The highest BCUT2D eigenvalue weighted by Crippen LogP contribution is 2.37. The van der Waals surface area contributed by atoms with Crippen LogP contribution in [0, 0.1) is 10.1 Å². The fourth-order valence-corrected chi connectivity index (χ4v) is 2.06. The smallest absolute Gasteiger partial charge is 0.269 e. The molecule has 0 fully saturated rings. The van der Waals surface area contributed by atoms with Gasteiger partial charge < -0.3 is 4.90 Å². The van der Waals surface area contributed by atoms with E-state index < -0.39 is 4.92 Å². The third-order valence-corrected chi connectivity index (χ3v) is 2.88. The predicted molar refractivity (Wildman–Crippen MR) is 59.5 cm³/mol. The summed E-state index contributed by atoms with van der Waals surface area (Å²) in [6.07, 6.45) is 0. The number of non-ortho nitro benzene ring substituents is 1. The Morgan fingerprint density at radius 2 is 2.25 bits per heavy atom. The van der Waals surface area contributed by atoms with E-state index >= 15 is 0 Å². The summed E-state index contributed by atoms with van der Waals surface area (Å²) < 4.78 is 0. The first-order valence-corrected chi connectivity index (χ1v) is 5.07. The number of rotatable bonds is 1. The van der Waals surface area contributed by atoms with Crippen LogP contribution in [0.4, 0.5) is 11.4 Å². The van der Waals surface area contributed by atoms with Crippen LogP contribution in [0.5, 0.6) is 0 Å². The zero-order chi connectivity index (χ0) is 11.9. The van der Waals surface area contributed by atoms with E-state index in [2.05, 4.69) is 0 Å². The Bertz CT molecular complexity index is 470. The average molecular weight is 220 g/mol. The van der Waals surface area contributed by atoms with Crippen molar-refractivity contribution in [3.05, 3.63) is 33.9 Å². The molecule has 5 nitrogen and oxygen atoms in total. The van der Waals surface area contributed by atoms with Gasteiger partial charge in [0.25, 0.3) is 5.69 Å². The molecule has 0 bridgehead atoms. The van der Waals surface area contributed by atoms with Crippen molar-refractivity contribution in [3.8, 4) is 0 Å². The maximum absolute atomic E-state index is 11.4. The molecule has 84 valence electrons. The Labute approximate surface area is 92.8 Å². The molecule has 1 aromatic rings. The van der Waals surface area contributed by atoms with Crippen molar-refractivity contribution >= 4 is 17.3 Å². The molecule has 16 heavy (non-hydrogen) atoms. The van der Waals surface area contributed by atoms with Crippen molar-refractivity contribution in [1.82, 2.24) is 0 Å². The summed E-state index contributed by atoms with van der Waals surface area (Å²) in [6, 6.07) is 4.65. The molecule has 1 unspecified atom stereocenters. The molecular formula is C11H12N2O3. The van der Waals surface area contributed by atoms with E-state index in [4.69, 9.17) is 0 Å². The molecule has 0 saturated carbocycles. The van der Waals surface area contributed by atoms with E-state index in [0.29, 0.717) is 6.54 Å². The molecule has 0 aromatic heterocycles. The molecule has 1 aliphatic rings. The van der Waals surface area contributed by atoms with Crippen LogP contribution in [0.15, 0.2) is 18.2 Å². The standard InChI is InChI=1S/C11H12N2O3/c1-7-6-12(8(2)14)11-4-3-9(13(15)16)5-10(7)11/h3-5,7H,6H2,1-2H3. The third-order valence-electron chi connectivity index (χ3n) is 2.88. The van der Waals surface area contributed by atoms with Gasteiger partial charge in [-0.3, -0.25) is 14.9 Å². The van der Waals surface area contributed by atoms with Gasteiger partial charge in [-0.1, -0.05) is 6.92 Å². The third kappa shape index (κ3) is 1.54. The summed E-state index contributed by atoms with van der Waals surface area (Å²) in [7, 11) is 0. The normalized spacial score (nSPS) is 18.4. The second-order valence-corrected chi connectivity index (χ2v) is 4.03. The van der Waals surface area contributed by atoms with Crippen LogP contribution in [0.25, 0.3) is 0 Å². The fraction of sp³-hybridized carbons (Fsp3) is 0.364. The van der Waals surface area contributed by atoms with Crippen LogP contribution in [0.1, 0.15) is 25.3 Å². The van der Waals surface area contributed by atoms with Crippen molar-refractivity contribution in [2.45, 2.75) is 19.8 Å². The fourth-order valence-electron chi connectivity index (χ4n) is 2.06. The van der Waals surface area contributed by atoms with E-state index in [1.807, 2.05) is 6.92 Å². The lowest BCUT2D eigenvalue weighted by atomic mass is 10.0. The zero-order valence-electron chi connectivity index (χ0n) is 9.14. The van der Waals surface area contributed by atoms with Crippen LogP contribution in [0.2, 0.25) is 0 Å². The highest BCUT2D eigenvalue weighted by Gasteiger charge is 2.29. The van der Waals surface area contributed by atoms with Crippen LogP contribution in [0.3, 0.4) is 0 Å². The number of hydrogen-bond donors (Lipinski definition) is 0. The molecule has 0 aliphatic carbocycles. The minimum Gasteiger partial charge on any atom is -0.312 e. The Morgan fingerprint density at radius 3 is 2.81 bits per heavy atom. The Balaban J connectivity index is 2.49. The lowest BCUT2D eigenvalue weighted by molar-refractivity contribution is -0.384. The topological polar surface area (TPSA) is 63.5 Å². The lowest BCUT2D eigenvalue weighted by Gasteiger charge is -2.14. The molecule has 0 saturated heterocycles. The monoisotopic (exact) mass is 220 g/mol. The number of nitro benzene ring substituents is 1. The van der Waals surface area contributed by atoms with Gasteiger partial charge in [0.1, 0.15) is 0 Å². The molecule has 2 rings (SSSR count). The second kappa shape index (κ2) is 3.59. The van der Waals surface area contributed by atoms with Crippen molar-refractivity contribution in [2.75, 3.05) is 11.4 Å². The van der Waals surface area contributed by atoms with Crippen LogP contribution >= 0.6 is 0 Å². The number of benzene rings is 1. The van der Waals surface area contributed by atoms with Gasteiger partial charge in [0.05, 0.1) is 4.92 Å². The number of nitrogens with zero attached hydrogens (tertiary/aromatic N) is 2. The molecule has 1 aliphatic heterocycles. The molecule has 0 radical (unpaired) electrons. The SMILES string of the molecule is CC(=O)N1CC(C)c2cc([N+](=O)[O-])ccc21. The highest BCUT2D eigenvalue weighted by molar-refractivity contribution is 5.94. The summed E-state index contributed by atoms with van der Waals surface area (Å²) in [4.78, 5) is 23.3. The van der Waals surface area contributed by atoms with Gasteiger partial charge in [-0.05, 0) is 11.6 Å². The Morgan fingerprint density at radius 1 is 1.56 bits per heavy atom. The number of anilines is 1. The molecule has 1 amide bonds. The van der Waals surface area contributed by atoms with Gasteiger partial charge in [-0.25, -0.2) is 0 Å². The van der Waals surface area contributed by atoms with Crippen LogP contribution < -0.4 is 4.90 Å². The minimum absolute atomic E-state index is 0.0283. The molecule has 1 heterocycles. The van der Waals surface area contributed by atoms with Crippen molar-refractivity contribution in [3.63, 3.8) is 0 Å². The summed E-state index contributed by atoms with van der Waals surface area (Å²) in [6.45, 7) is 4.07. The Kier molecular flexibility index (Phi) is 2.38. The first kappa shape index (κ1) is 10.6. The Hall–Kier alpha value is -1.91. The van der Waals surface area contributed by atoms with E-state index in [9.17, 15) is 14.9 Å². The van der Waals surface area contributed by atoms with E-state index in [0.717, 1.165) is 11.3 Å². The molecule has 5 heteroatoms. The van der Waals surface area contributed by atoms with E-state index in [1.165, 1.54) is 13.0 Å². The predicted octanol–water partition coefficient (Wildman–Crippen LogP) is 2.06. The molecule has 0 N–H and O–H groups in total. The molecule has 1 atom stereocenters. The van der Waals surface area contributed by atoms with Crippen molar-refractivity contribution in [1.29, 1.82) is 0 Å². The van der Waals surface area contributed by atoms with Crippen molar-refractivity contribution < 1.29 is 9.72 Å². The zero-order valence-corrected chi connectivity index (χ0v) is 9.14. The number of carbonyl (C=O) groups excluding carboxylic acids is 1. The van der Waals surface area contributed by atoms with Gasteiger partial charge in [0.15, 0.2) is 0 Å². The second-order valence-electron chi connectivity index (χ2n) is 4.03. The quantitative estimate of drug-likeness (QED) is 0.537. The highest BCUT2D eigenvalue weighted by atomic mass is 16.6. The number of carbonyl (C=O) groups is 1. The summed E-state index contributed by atoms with van der Waals surface area (Å²) in [5.41, 5.74) is 1.76. The number of nitro groups is 1. The van der Waals surface area contributed by atoms with Gasteiger partial charge in [0.2, 0.25) is 5.91 Å². The van der Waals surface area contributed by atoms with E-state index in [1.54, 1.807) is 17.0 Å². The van der Waals surface area contributed by atoms with Gasteiger partial charge >= 0.3 is 0 Å².